The molecule has 1 fully saturated rings. The van der Waals surface area contributed by atoms with E-state index in [0.717, 1.165) is 17.5 Å². The lowest BCUT2D eigenvalue weighted by Gasteiger charge is -2.21. The minimum atomic E-state index is -1.08. The van der Waals surface area contributed by atoms with Crippen LogP contribution in [0.1, 0.15) is 34.5 Å². The summed E-state index contributed by atoms with van der Waals surface area (Å²) in [6, 6.07) is 0. The van der Waals surface area contributed by atoms with E-state index in [-0.39, 0.29) is 12.1 Å². The van der Waals surface area contributed by atoms with Crippen LogP contribution in [-0.2, 0) is 11.8 Å². The molecular formula is C14H19N3O4. The molecule has 1 N–H and O–H groups in total. The van der Waals surface area contributed by atoms with Crippen LogP contribution >= 0.6 is 0 Å². The minimum absolute atomic E-state index is 0.0203. The Kier molecular flexibility index (Phi) is 4.11. The number of aromatic nitrogens is 2. The SMILES string of the molecule is Cc1nn(C)c(=O)c(C(=O)N(CC(=O)O)CC2CC2)c1C. The van der Waals surface area contributed by atoms with Gasteiger partial charge < -0.3 is 10.0 Å². The molecule has 2 rings (SSSR count). The summed E-state index contributed by atoms with van der Waals surface area (Å²) in [6.07, 6.45) is 1.99. The third-order valence-corrected chi connectivity index (χ3v) is 3.73. The summed E-state index contributed by atoms with van der Waals surface area (Å²) in [4.78, 5) is 37.0. The second-order valence-corrected chi connectivity index (χ2v) is 5.54. The van der Waals surface area contributed by atoms with Crippen LogP contribution in [-0.4, -0.2) is 44.8 Å². The molecule has 114 valence electrons. The summed E-state index contributed by atoms with van der Waals surface area (Å²) < 4.78 is 1.12. The Hall–Kier alpha value is -2.18. The van der Waals surface area contributed by atoms with E-state index < -0.39 is 17.4 Å². The quantitative estimate of drug-likeness (QED) is 0.844. The van der Waals surface area contributed by atoms with E-state index >= 15 is 0 Å². The minimum Gasteiger partial charge on any atom is -0.480 e. The lowest BCUT2D eigenvalue weighted by Crippen LogP contribution is -2.41. The Bertz CT molecular complexity index is 646. The molecule has 1 aliphatic carbocycles. The first-order chi connectivity index (χ1) is 9.81. The first-order valence-corrected chi connectivity index (χ1v) is 6.86. The Morgan fingerprint density at radius 1 is 1.38 bits per heavy atom. The number of aryl methyl sites for hydroxylation is 2. The number of carboxylic acid groups (broad SMARTS) is 1. The van der Waals surface area contributed by atoms with Crippen LogP contribution in [0, 0.1) is 19.8 Å². The maximum Gasteiger partial charge on any atom is 0.323 e. The van der Waals surface area contributed by atoms with Gasteiger partial charge in [-0.2, -0.15) is 5.10 Å². The van der Waals surface area contributed by atoms with Crippen molar-refractivity contribution in [1.29, 1.82) is 0 Å². The van der Waals surface area contributed by atoms with E-state index in [1.807, 2.05) is 0 Å². The number of carboxylic acids is 1. The van der Waals surface area contributed by atoms with Gasteiger partial charge in [0.05, 0.1) is 5.69 Å². The molecule has 7 nitrogen and oxygen atoms in total. The van der Waals surface area contributed by atoms with Gasteiger partial charge >= 0.3 is 5.97 Å². The van der Waals surface area contributed by atoms with Crippen molar-refractivity contribution in [3.05, 3.63) is 27.2 Å². The number of hydrogen-bond donors (Lipinski definition) is 1. The van der Waals surface area contributed by atoms with Crippen LogP contribution in [0.2, 0.25) is 0 Å². The first kappa shape index (κ1) is 15.2. The van der Waals surface area contributed by atoms with Crippen molar-refractivity contribution in [2.24, 2.45) is 13.0 Å². The molecule has 0 unspecified atom stereocenters. The molecule has 0 radical (unpaired) electrons. The highest BCUT2D eigenvalue weighted by molar-refractivity contribution is 5.97. The normalized spacial score (nSPS) is 14.0. The molecule has 1 saturated carbocycles. The third kappa shape index (κ3) is 3.29. The number of nitrogens with zero attached hydrogens (tertiary/aromatic N) is 3. The van der Waals surface area contributed by atoms with Gasteiger partial charge in [-0.1, -0.05) is 0 Å². The van der Waals surface area contributed by atoms with Crippen LogP contribution in [0.15, 0.2) is 4.79 Å². The summed E-state index contributed by atoms with van der Waals surface area (Å²) in [7, 11) is 1.48. The molecule has 0 aliphatic heterocycles. The molecule has 0 saturated heterocycles. The highest BCUT2D eigenvalue weighted by Gasteiger charge is 2.30. The molecule has 0 aromatic carbocycles. The van der Waals surface area contributed by atoms with Gasteiger partial charge in [0.15, 0.2) is 0 Å². The number of carbonyl (C=O) groups excluding carboxylic acids is 1. The fourth-order valence-corrected chi connectivity index (χ4v) is 2.25. The first-order valence-electron chi connectivity index (χ1n) is 6.86. The van der Waals surface area contributed by atoms with E-state index in [1.54, 1.807) is 13.8 Å². The van der Waals surface area contributed by atoms with E-state index in [1.165, 1.54) is 11.9 Å². The zero-order chi connectivity index (χ0) is 15.7. The molecule has 21 heavy (non-hydrogen) atoms. The van der Waals surface area contributed by atoms with Crippen molar-refractivity contribution >= 4 is 11.9 Å². The average molecular weight is 293 g/mol. The Morgan fingerprint density at radius 3 is 2.52 bits per heavy atom. The van der Waals surface area contributed by atoms with Crippen LogP contribution < -0.4 is 5.56 Å². The van der Waals surface area contributed by atoms with Gasteiger partial charge in [0.2, 0.25) is 0 Å². The van der Waals surface area contributed by atoms with E-state index in [2.05, 4.69) is 5.10 Å². The van der Waals surface area contributed by atoms with Gasteiger partial charge in [-0.05, 0) is 38.2 Å². The fourth-order valence-electron chi connectivity index (χ4n) is 2.25. The van der Waals surface area contributed by atoms with E-state index in [4.69, 9.17) is 5.11 Å². The second kappa shape index (κ2) is 5.67. The van der Waals surface area contributed by atoms with Crippen molar-refractivity contribution in [1.82, 2.24) is 14.7 Å². The van der Waals surface area contributed by atoms with Crippen molar-refractivity contribution in [3.63, 3.8) is 0 Å². The average Bonchev–Trinajstić information content (AvgIpc) is 3.19. The summed E-state index contributed by atoms with van der Waals surface area (Å²) in [5, 5.41) is 13.0. The van der Waals surface area contributed by atoms with Gasteiger partial charge in [-0.3, -0.25) is 14.4 Å². The third-order valence-electron chi connectivity index (χ3n) is 3.73. The number of amides is 1. The molecule has 0 atom stereocenters. The smallest absolute Gasteiger partial charge is 0.323 e. The summed E-state index contributed by atoms with van der Waals surface area (Å²) in [5.74, 6) is -1.25. The maximum absolute atomic E-state index is 12.6. The van der Waals surface area contributed by atoms with Crippen LogP contribution in [0.4, 0.5) is 0 Å². The summed E-state index contributed by atoms with van der Waals surface area (Å²) in [5.41, 5.74) is 0.623. The van der Waals surface area contributed by atoms with Crippen molar-refractivity contribution in [2.45, 2.75) is 26.7 Å². The molecule has 1 aromatic rings. The lowest BCUT2D eigenvalue weighted by atomic mass is 10.1. The largest absolute Gasteiger partial charge is 0.480 e. The number of aliphatic carboxylic acids is 1. The van der Waals surface area contributed by atoms with Gasteiger partial charge in [-0.15, -0.1) is 0 Å². The Balaban J connectivity index is 2.40. The summed E-state index contributed by atoms with van der Waals surface area (Å²) in [6.45, 7) is 3.37. The van der Waals surface area contributed by atoms with Gasteiger partial charge in [0.25, 0.3) is 11.5 Å². The Labute approximate surface area is 122 Å². The highest BCUT2D eigenvalue weighted by Crippen LogP contribution is 2.30. The standard InChI is InChI=1S/C14H19N3O4/c1-8-9(2)15-16(3)13(20)12(8)14(21)17(7-11(18)19)6-10-4-5-10/h10H,4-7H2,1-3H3,(H,18,19). The second-order valence-electron chi connectivity index (χ2n) is 5.54. The van der Waals surface area contributed by atoms with Crippen LogP contribution in [0.25, 0.3) is 0 Å². The van der Waals surface area contributed by atoms with Crippen molar-refractivity contribution < 1.29 is 14.7 Å². The monoisotopic (exact) mass is 293 g/mol. The van der Waals surface area contributed by atoms with Gasteiger partial charge in [0, 0.05) is 13.6 Å². The fraction of sp³-hybridized carbons (Fsp3) is 0.571. The molecule has 1 heterocycles. The molecule has 0 spiro atoms. The predicted octanol–water partition coefficient (Wildman–Crippen LogP) is 0.334. The topological polar surface area (TPSA) is 92.5 Å². The maximum atomic E-state index is 12.6. The molecule has 1 aliphatic rings. The zero-order valence-electron chi connectivity index (χ0n) is 12.4. The van der Waals surface area contributed by atoms with E-state index in [0.29, 0.717) is 23.7 Å². The highest BCUT2D eigenvalue weighted by atomic mass is 16.4. The Morgan fingerprint density at radius 2 is 2.00 bits per heavy atom. The van der Waals surface area contributed by atoms with E-state index in [9.17, 15) is 14.4 Å². The van der Waals surface area contributed by atoms with Gasteiger partial charge in [-0.25, -0.2) is 4.68 Å². The lowest BCUT2D eigenvalue weighted by molar-refractivity contribution is -0.137. The molecule has 1 amide bonds. The summed E-state index contributed by atoms with van der Waals surface area (Å²) >= 11 is 0. The number of carbonyl (C=O) groups is 2. The van der Waals surface area contributed by atoms with Crippen molar-refractivity contribution in [3.8, 4) is 0 Å². The number of hydrogen-bond acceptors (Lipinski definition) is 4. The molecule has 1 aromatic heterocycles. The molecule has 7 heteroatoms. The predicted molar refractivity (Wildman–Crippen MR) is 75.2 cm³/mol. The molecule has 0 bridgehead atoms. The number of rotatable bonds is 5. The molecular weight excluding hydrogens is 274 g/mol. The zero-order valence-corrected chi connectivity index (χ0v) is 12.4. The van der Waals surface area contributed by atoms with Crippen LogP contribution in [0.5, 0.6) is 0 Å². The van der Waals surface area contributed by atoms with Crippen LogP contribution in [0.3, 0.4) is 0 Å². The van der Waals surface area contributed by atoms with Crippen molar-refractivity contribution in [2.75, 3.05) is 13.1 Å². The van der Waals surface area contributed by atoms with Gasteiger partial charge in [0.1, 0.15) is 12.1 Å².